The van der Waals surface area contributed by atoms with E-state index >= 15 is 0 Å². The molecule has 0 saturated carbocycles. The first-order valence-electron chi connectivity index (χ1n) is 2.06. The molecule has 1 aromatic heterocycles. The highest BCUT2D eigenvalue weighted by Crippen LogP contribution is 1.97. The van der Waals surface area contributed by atoms with Crippen molar-refractivity contribution in [1.29, 1.82) is 0 Å². The Morgan fingerprint density at radius 1 is 1.88 bits per heavy atom. The Morgan fingerprint density at radius 3 is 2.88 bits per heavy atom. The number of nitrogens with one attached hydrogen (secondary N) is 1. The fourth-order valence-electron chi connectivity index (χ4n) is 0.391. The molecule has 0 aromatic carbocycles. The van der Waals surface area contributed by atoms with Crippen molar-refractivity contribution in [1.82, 2.24) is 15.0 Å². The average Bonchev–Trinajstić information content (AvgIpc) is 2.14. The SMILES string of the molecule is Cn1cc(NCl)nn1. The molecule has 1 N–H and O–H groups in total. The summed E-state index contributed by atoms with van der Waals surface area (Å²) in [6.07, 6.45) is 1.67. The van der Waals surface area contributed by atoms with E-state index in [4.69, 9.17) is 11.8 Å². The lowest BCUT2D eigenvalue weighted by Gasteiger charge is -1.80. The Hall–Kier alpha value is -0.770. The molecule has 0 amide bonds. The van der Waals surface area contributed by atoms with Crippen LogP contribution in [0.5, 0.6) is 0 Å². The molecule has 0 aliphatic heterocycles. The first-order valence-corrected chi connectivity index (χ1v) is 2.43. The lowest BCUT2D eigenvalue weighted by atomic mass is 10.8. The molecule has 0 fully saturated rings. The molecule has 0 unspecified atom stereocenters. The Labute approximate surface area is 51.6 Å². The van der Waals surface area contributed by atoms with E-state index in [2.05, 4.69) is 15.1 Å². The van der Waals surface area contributed by atoms with Gasteiger partial charge in [0.1, 0.15) is 0 Å². The van der Waals surface area contributed by atoms with E-state index in [1.165, 1.54) is 0 Å². The third-order valence-corrected chi connectivity index (χ3v) is 0.893. The largest absolute Gasteiger partial charge is 0.280 e. The summed E-state index contributed by atoms with van der Waals surface area (Å²) < 4.78 is 1.56. The summed E-state index contributed by atoms with van der Waals surface area (Å²) in [5, 5.41) is 7.21. The van der Waals surface area contributed by atoms with Crippen molar-refractivity contribution in [2.45, 2.75) is 0 Å². The van der Waals surface area contributed by atoms with Crippen LogP contribution in [0, 0.1) is 0 Å². The van der Waals surface area contributed by atoms with Crippen LogP contribution >= 0.6 is 11.8 Å². The summed E-state index contributed by atoms with van der Waals surface area (Å²) in [6.45, 7) is 0. The van der Waals surface area contributed by atoms with Gasteiger partial charge < -0.3 is 0 Å². The van der Waals surface area contributed by atoms with E-state index in [0.29, 0.717) is 5.82 Å². The van der Waals surface area contributed by atoms with Crippen LogP contribution in [0.2, 0.25) is 0 Å². The molecule has 0 aliphatic carbocycles. The molecule has 0 atom stereocenters. The Kier molecular flexibility index (Phi) is 1.34. The predicted octanol–water partition coefficient (Wildman–Crippen LogP) is 0.381. The van der Waals surface area contributed by atoms with Crippen LogP contribution in [0.25, 0.3) is 0 Å². The molecule has 1 aromatic rings. The summed E-state index contributed by atoms with van der Waals surface area (Å²) in [6, 6.07) is 0. The molecule has 0 saturated heterocycles. The first-order chi connectivity index (χ1) is 3.83. The second-order valence-corrected chi connectivity index (χ2v) is 1.56. The standard InChI is InChI=1S/C3H5ClN4/c1-8-2-3(5-4)6-7-8/h2,5H,1H3. The molecule has 8 heavy (non-hydrogen) atoms. The summed E-state index contributed by atoms with van der Waals surface area (Å²) >= 11 is 5.17. The summed E-state index contributed by atoms with van der Waals surface area (Å²) in [7, 11) is 1.77. The highest BCUT2D eigenvalue weighted by molar-refractivity contribution is 6.23. The fourth-order valence-corrected chi connectivity index (χ4v) is 0.477. The maximum atomic E-state index is 5.17. The third-order valence-electron chi connectivity index (χ3n) is 0.699. The zero-order valence-corrected chi connectivity index (χ0v) is 5.05. The molecule has 0 spiro atoms. The molecule has 4 nitrogen and oxygen atoms in total. The number of halogens is 1. The Balaban J connectivity index is 2.84. The van der Waals surface area contributed by atoms with E-state index in [0.717, 1.165) is 0 Å². The van der Waals surface area contributed by atoms with Crippen molar-refractivity contribution in [3.8, 4) is 0 Å². The van der Waals surface area contributed by atoms with Crippen molar-refractivity contribution < 1.29 is 0 Å². The molecule has 0 aliphatic rings. The number of hydrogen-bond acceptors (Lipinski definition) is 3. The highest BCUT2D eigenvalue weighted by atomic mass is 35.5. The zero-order valence-electron chi connectivity index (χ0n) is 4.30. The van der Waals surface area contributed by atoms with Gasteiger partial charge in [-0.25, -0.2) is 0 Å². The molecule has 1 heterocycles. The average molecular weight is 133 g/mol. The van der Waals surface area contributed by atoms with Gasteiger partial charge in [0.05, 0.1) is 6.20 Å². The van der Waals surface area contributed by atoms with Crippen molar-refractivity contribution in [3.63, 3.8) is 0 Å². The van der Waals surface area contributed by atoms with Crippen molar-refractivity contribution in [2.75, 3.05) is 4.84 Å². The number of nitrogens with zero attached hydrogens (tertiary/aromatic N) is 3. The summed E-state index contributed by atoms with van der Waals surface area (Å²) in [4.78, 5) is 2.33. The first kappa shape index (κ1) is 5.37. The highest BCUT2D eigenvalue weighted by Gasteiger charge is 1.90. The lowest BCUT2D eigenvalue weighted by molar-refractivity contribution is 0.715. The fraction of sp³-hybridized carbons (Fsp3) is 0.333. The number of anilines is 1. The van der Waals surface area contributed by atoms with Gasteiger partial charge in [0.2, 0.25) is 0 Å². The van der Waals surface area contributed by atoms with Crippen LogP contribution in [0.4, 0.5) is 5.82 Å². The number of aryl methyl sites for hydroxylation is 1. The van der Waals surface area contributed by atoms with Gasteiger partial charge >= 0.3 is 0 Å². The maximum Gasteiger partial charge on any atom is 0.182 e. The second kappa shape index (κ2) is 2.00. The summed E-state index contributed by atoms with van der Waals surface area (Å²) in [5.74, 6) is 0.564. The Morgan fingerprint density at radius 2 is 2.62 bits per heavy atom. The van der Waals surface area contributed by atoms with E-state index < -0.39 is 0 Å². The third kappa shape index (κ3) is 0.894. The quantitative estimate of drug-likeness (QED) is 0.562. The van der Waals surface area contributed by atoms with Gasteiger partial charge in [0, 0.05) is 18.8 Å². The minimum Gasteiger partial charge on any atom is -0.280 e. The van der Waals surface area contributed by atoms with Crippen molar-refractivity contribution in [2.24, 2.45) is 7.05 Å². The molecule has 0 bridgehead atoms. The Bertz CT molecular complexity index is 172. The predicted molar refractivity (Wildman–Crippen MR) is 30.5 cm³/mol. The van der Waals surface area contributed by atoms with Crippen molar-refractivity contribution in [3.05, 3.63) is 6.20 Å². The van der Waals surface area contributed by atoms with Gasteiger partial charge in [0.15, 0.2) is 5.82 Å². The van der Waals surface area contributed by atoms with Crippen LogP contribution in [0.1, 0.15) is 0 Å². The number of rotatable bonds is 1. The van der Waals surface area contributed by atoms with Crippen LogP contribution in [0.3, 0.4) is 0 Å². The number of aromatic nitrogens is 3. The topological polar surface area (TPSA) is 42.7 Å². The minimum absolute atomic E-state index is 0.564. The van der Waals surface area contributed by atoms with Crippen LogP contribution in [0.15, 0.2) is 6.20 Å². The smallest absolute Gasteiger partial charge is 0.182 e. The minimum atomic E-state index is 0.564. The molecule has 5 heteroatoms. The van der Waals surface area contributed by atoms with E-state index in [1.807, 2.05) is 0 Å². The van der Waals surface area contributed by atoms with Gasteiger partial charge in [-0.3, -0.25) is 9.52 Å². The molecular formula is C3H5ClN4. The van der Waals surface area contributed by atoms with E-state index in [1.54, 1.807) is 17.9 Å². The van der Waals surface area contributed by atoms with Gasteiger partial charge in [-0.2, -0.15) is 0 Å². The van der Waals surface area contributed by atoms with Crippen LogP contribution < -0.4 is 4.84 Å². The maximum absolute atomic E-state index is 5.17. The molecule has 44 valence electrons. The van der Waals surface area contributed by atoms with Crippen LogP contribution in [-0.4, -0.2) is 15.0 Å². The van der Waals surface area contributed by atoms with Gasteiger partial charge in [0.25, 0.3) is 0 Å². The lowest BCUT2D eigenvalue weighted by Crippen LogP contribution is -1.85. The van der Waals surface area contributed by atoms with Gasteiger partial charge in [-0.05, 0) is 0 Å². The monoisotopic (exact) mass is 132 g/mol. The van der Waals surface area contributed by atoms with Crippen LogP contribution in [-0.2, 0) is 7.05 Å². The normalized spacial score (nSPS) is 9.25. The number of hydrogen-bond donors (Lipinski definition) is 1. The molecule has 0 radical (unpaired) electrons. The van der Waals surface area contributed by atoms with Gasteiger partial charge in [-0.15, -0.1) is 5.10 Å². The zero-order chi connectivity index (χ0) is 5.98. The molecule has 1 rings (SSSR count). The summed E-state index contributed by atoms with van der Waals surface area (Å²) in [5.41, 5.74) is 0. The van der Waals surface area contributed by atoms with E-state index in [-0.39, 0.29) is 0 Å². The van der Waals surface area contributed by atoms with Gasteiger partial charge in [-0.1, -0.05) is 5.21 Å². The molecular weight excluding hydrogens is 128 g/mol. The second-order valence-electron chi connectivity index (χ2n) is 1.37. The van der Waals surface area contributed by atoms with E-state index in [9.17, 15) is 0 Å². The van der Waals surface area contributed by atoms with Crippen molar-refractivity contribution >= 4 is 17.6 Å².